The molecule has 1 aromatic heterocycles. The van der Waals surface area contributed by atoms with E-state index in [-0.39, 0.29) is 29.1 Å². The summed E-state index contributed by atoms with van der Waals surface area (Å²) in [7, 11) is 0. The molecule has 11 heteroatoms. The molecule has 4 nitrogen and oxygen atoms in total. The van der Waals surface area contributed by atoms with E-state index in [9.17, 15) is 36.9 Å². The number of halogens is 6. The van der Waals surface area contributed by atoms with Crippen molar-refractivity contribution in [1.82, 2.24) is 0 Å². The number of aryl methyl sites for hydroxylation is 1. The number of rotatable bonds is 2. The highest BCUT2D eigenvalue weighted by molar-refractivity contribution is 7.16. The van der Waals surface area contributed by atoms with E-state index in [1.165, 1.54) is 0 Å². The van der Waals surface area contributed by atoms with Crippen LogP contribution in [-0.2, 0) is 6.42 Å². The van der Waals surface area contributed by atoms with Crippen LogP contribution in [0.2, 0.25) is 0 Å². The van der Waals surface area contributed by atoms with Crippen LogP contribution in [0.15, 0.2) is 11.3 Å². The predicted molar refractivity (Wildman–Crippen MR) is 97.9 cm³/mol. The van der Waals surface area contributed by atoms with Gasteiger partial charge in [-0.3, -0.25) is 10.3 Å². The lowest BCUT2D eigenvalue weighted by molar-refractivity contribution is -0.332. The molecule has 2 heterocycles. The highest BCUT2D eigenvalue weighted by Gasteiger charge is 2.79. The zero-order chi connectivity index (χ0) is 22.6. The minimum atomic E-state index is -5.81. The van der Waals surface area contributed by atoms with Gasteiger partial charge in [0.2, 0.25) is 5.41 Å². The van der Waals surface area contributed by atoms with Crippen molar-refractivity contribution < 1.29 is 26.3 Å². The fourth-order valence-electron chi connectivity index (χ4n) is 4.53. The molecule has 0 radical (unpaired) electrons. The van der Waals surface area contributed by atoms with Crippen molar-refractivity contribution >= 4 is 22.2 Å². The maximum Gasteiger partial charge on any atom is 0.408 e. The summed E-state index contributed by atoms with van der Waals surface area (Å²) in [6.07, 6.45) is -11.7. The molecule has 160 valence electrons. The molecule has 0 saturated carbocycles. The zero-order valence-electron chi connectivity index (χ0n) is 15.9. The van der Waals surface area contributed by atoms with Crippen LogP contribution in [0.4, 0.5) is 31.3 Å². The third-order valence-electron chi connectivity index (χ3n) is 5.76. The summed E-state index contributed by atoms with van der Waals surface area (Å²) in [6.45, 7) is 3.47. The van der Waals surface area contributed by atoms with Crippen LogP contribution in [-0.4, -0.2) is 18.2 Å². The first-order valence-corrected chi connectivity index (χ1v) is 9.86. The molecular weight excluding hydrogens is 430 g/mol. The molecule has 1 N–H and O–H groups in total. The SMILES string of the molecule is CCc1c(C)sc(N2C(=N)C(C#N)C(C(F)(F)F)(C(F)(F)F)C3=C2CCC3)c1C#N. The number of alkyl halides is 6. The minimum Gasteiger partial charge on any atom is -0.292 e. The van der Waals surface area contributed by atoms with Crippen molar-refractivity contribution in [1.29, 1.82) is 15.9 Å². The summed E-state index contributed by atoms with van der Waals surface area (Å²) in [5, 5.41) is 27.4. The summed E-state index contributed by atoms with van der Waals surface area (Å²) >= 11 is 1.03. The van der Waals surface area contributed by atoms with Gasteiger partial charge >= 0.3 is 12.4 Å². The number of thiophene rings is 1. The van der Waals surface area contributed by atoms with Crippen molar-refractivity contribution in [2.24, 2.45) is 11.3 Å². The van der Waals surface area contributed by atoms with Gasteiger partial charge in [-0.2, -0.15) is 36.9 Å². The van der Waals surface area contributed by atoms with E-state index in [1.807, 2.05) is 6.07 Å². The molecule has 0 aromatic carbocycles. The second-order valence-corrected chi connectivity index (χ2v) is 8.35. The van der Waals surface area contributed by atoms with Crippen LogP contribution in [0, 0.1) is 46.3 Å². The van der Waals surface area contributed by atoms with Gasteiger partial charge in [0.05, 0.1) is 11.6 Å². The van der Waals surface area contributed by atoms with Crippen molar-refractivity contribution in [2.75, 3.05) is 4.90 Å². The van der Waals surface area contributed by atoms with Crippen molar-refractivity contribution in [3.8, 4) is 12.1 Å². The van der Waals surface area contributed by atoms with E-state index in [4.69, 9.17) is 5.41 Å². The maximum atomic E-state index is 14.1. The Labute approximate surface area is 172 Å². The van der Waals surface area contributed by atoms with Crippen LogP contribution in [0.5, 0.6) is 0 Å². The zero-order valence-corrected chi connectivity index (χ0v) is 16.7. The van der Waals surface area contributed by atoms with E-state index >= 15 is 0 Å². The molecule has 2 aliphatic rings. The van der Waals surface area contributed by atoms with Gasteiger partial charge in [-0.15, -0.1) is 11.3 Å². The molecule has 0 spiro atoms. The van der Waals surface area contributed by atoms with Crippen LogP contribution in [0.3, 0.4) is 0 Å². The number of allylic oxidation sites excluding steroid dienone is 2. The van der Waals surface area contributed by atoms with E-state index < -0.39 is 41.5 Å². The third kappa shape index (κ3) is 2.68. The van der Waals surface area contributed by atoms with Gasteiger partial charge < -0.3 is 0 Å². The molecular formula is C19H16F6N4S. The standard InChI is InChI=1S/C19H16F6N4S/c1-3-10-9(2)30-16(11(10)7-26)29-14-6-4-5-12(14)17(18(20,21)22,19(23,24)25)13(8-27)15(29)28/h13,28H,3-6H2,1-2H3. The first-order chi connectivity index (χ1) is 13.9. The molecule has 1 atom stereocenters. The summed E-state index contributed by atoms with van der Waals surface area (Å²) in [5.74, 6) is -3.92. The normalized spacial score (nSPS) is 21.5. The van der Waals surface area contributed by atoms with E-state index in [2.05, 4.69) is 0 Å². The minimum absolute atomic E-state index is 0.0351. The number of nitriles is 2. The molecule has 0 fully saturated rings. The first kappa shape index (κ1) is 22.2. The second kappa shape index (κ2) is 7.02. The Morgan fingerprint density at radius 3 is 2.23 bits per heavy atom. The van der Waals surface area contributed by atoms with Gasteiger partial charge in [-0.05, 0) is 43.7 Å². The van der Waals surface area contributed by atoms with Crippen LogP contribution in [0.1, 0.15) is 42.2 Å². The molecule has 1 aliphatic heterocycles. The molecule has 30 heavy (non-hydrogen) atoms. The van der Waals surface area contributed by atoms with Crippen LogP contribution < -0.4 is 4.90 Å². The second-order valence-electron chi connectivity index (χ2n) is 7.15. The number of nitrogens with one attached hydrogen (secondary N) is 1. The molecule has 0 bridgehead atoms. The van der Waals surface area contributed by atoms with Crippen molar-refractivity contribution in [3.05, 3.63) is 27.3 Å². The van der Waals surface area contributed by atoms with Crippen LogP contribution in [0.25, 0.3) is 0 Å². The summed E-state index contributed by atoms with van der Waals surface area (Å²) in [5.41, 5.74) is -4.88. The quantitative estimate of drug-likeness (QED) is 0.568. The molecule has 0 saturated heterocycles. The summed E-state index contributed by atoms with van der Waals surface area (Å²) < 4.78 is 84.4. The number of amidine groups is 1. The average molecular weight is 446 g/mol. The first-order valence-electron chi connectivity index (χ1n) is 9.04. The highest BCUT2D eigenvalue weighted by Crippen LogP contribution is 2.65. The molecule has 1 unspecified atom stereocenters. The fraction of sp³-hybridized carbons (Fsp3) is 0.526. The molecule has 1 aliphatic carbocycles. The molecule has 1 aromatic rings. The lowest BCUT2D eigenvalue weighted by atomic mass is 9.65. The van der Waals surface area contributed by atoms with Crippen LogP contribution >= 0.6 is 11.3 Å². The van der Waals surface area contributed by atoms with Crippen molar-refractivity contribution in [2.45, 2.75) is 51.9 Å². The monoisotopic (exact) mass is 446 g/mol. The fourth-order valence-corrected chi connectivity index (χ4v) is 5.76. The Morgan fingerprint density at radius 2 is 1.77 bits per heavy atom. The third-order valence-corrected chi connectivity index (χ3v) is 6.90. The Morgan fingerprint density at radius 1 is 1.17 bits per heavy atom. The number of hydrogen-bond donors (Lipinski definition) is 1. The summed E-state index contributed by atoms with van der Waals surface area (Å²) in [4.78, 5) is 1.68. The highest BCUT2D eigenvalue weighted by atomic mass is 32.1. The Balaban J connectivity index is 2.41. The van der Waals surface area contributed by atoms with Crippen molar-refractivity contribution in [3.63, 3.8) is 0 Å². The lowest BCUT2D eigenvalue weighted by Gasteiger charge is -2.47. The Kier molecular flexibility index (Phi) is 5.18. The molecule has 0 amide bonds. The van der Waals surface area contributed by atoms with Gasteiger partial charge in [-0.1, -0.05) is 6.92 Å². The van der Waals surface area contributed by atoms with Gasteiger partial charge in [0.15, 0.2) is 0 Å². The van der Waals surface area contributed by atoms with Gasteiger partial charge in [0, 0.05) is 10.6 Å². The van der Waals surface area contributed by atoms with Gasteiger partial charge in [-0.25, -0.2) is 0 Å². The molecule has 3 rings (SSSR count). The topological polar surface area (TPSA) is 74.7 Å². The lowest BCUT2D eigenvalue weighted by Crippen LogP contribution is -2.62. The number of anilines is 1. The Hall–Kier alpha value is -2.53. The Bertz CT molecular complexity index is 1000. The predicted octanol–water partition coefficient (Wildman–Crippen LogP) is 5.98. The van der Waals surface area contributed by atoms with E-state index in [0.717, 1.165) is 22.3 Å². The summed E-state index contributed by atoms with van der Waals surface area (Å²) in [6, 6.07) is 3.09. The van der Waals surface area contributed by atoms with Gasteiger partial charge in [0.25, 0.3) is 0 Å². The number of nitrogens with zero attached hydrogens (tertiary/aromatic N) is 3. The van der Waals surface area contributed by atoms with Gasteiger partial charge in [0.1, 0.15) is 22.8 Å². The van der Waals surface area contributed by atoms with E-state index in [1.54, 1.807) is 13.8 Å². The maximum absolute atomic E-state index is 14.1. The largest absolute Gasteiger partial charge is 0.408 e. The average Bonchev–Trinajstić information content (AvgIpc) is 3.22. The number of hydrogen-bond acceptors (Lipinski definition) is 4. The smallest absolute Gasteiger partial charge is 0.292 e. The van der Waals surface area contributed by atoms with E-state index in [0.29, 0.717) is 16.9 Å².